The van der Waals surface area contributed by atoms with Crippen molar-refractivity contribution >= 4 is 64.8 Å². The van der Waals surface area contributed by atoms with Crippen molar-refractivity contribution in [3.8, 4) is 0 Å². The second kappa shape index (κ2) is 7.06. The molecule has 0 atom stereocenters. The van der Waals surface area contributed by atoms with Crippen LogP contribution in [0.25, 0.3) is 0 Å². The Balaban J connectivity index is 2.37. The van der Waals surface area contributed by atoms with E-state index in [0.29, 0.717) is 17.6 Å². The van der Waals surface area contributed by atoms with Crippen LogP contribution in [-0.2, 0) is 16.6 Å². The molecule has 0 saturated carbocycles. The van der Waals surface area contributed by atoms with E-state index < -0.39 is 10.0 Å². The molecule has 114 valence electrons. The maximum Gasteiger partial charge on any atom is 0.246 e. The molecule has 0 saturated heterocycles. The lowest BCUT2D eigenvalue weighted by atomic mass is 10.4. The molecule has 2 rings (SSSR count). The summed E-state index contributed by atoms with van der Waals surface area (Å²) in [7, 11) is -3.69. The highest BCUT2D eigenvalue weighted by atomic mass is 79.9. The van der Waals surface area contributed by atoms with Crippen LogP contribution in [0.2, 0.25) is 5.15 Å². The van der Waals surface area contributed by atoms with Gasteiger partial charge < -0.3 is 0 Å². The summed E-state index contributed by atoms with van der Waals surface area (Å²) in [6.07, 6.45) is 1.47. The molecule has 9 heteroatoms. The average Bonchev–Trinajstić information content (AvgIpc) is 2.84. The van der Waals surface area contributed by atoms with E-state index in [2.05, 4.69) is 36.8 Å². The minimum Gasteiger partial charge on any atom is -0.242 e. The van der Waals surface area contributed by atoms with Crippen molar-refractivity contribution in [3.05, 3.63) is 42.7 Å². The Morgan fingerprint density at radius 1 is 1.38 bits per heavy atom. The van der Waals surface area contributed by atoms with E-state index in [0.717, 1.165) is 8.66 Å². The zero-order valence-electron chi connectivity index (χ0n) is 10.9. The Kier molecular flexibility index (Phi) is 5.84. The summed E-state index contributed by atoms with van der Waals surface area (Å²) in [5.41, 5.74) is 0. The van der Waals surface area contributed by atoms with Crippen LogP contribution in [-0.4, -0.2) is 24.3 Å². The number of pyridine rings is 1. The molecule has 2 aromatic heterocycles. The number of aromatic nitrogens is 1. The van der Waals surface area contributed by atoms with Gasteiger partial charge in [0.15, 0.2) is 0 Å². The number of hydrogen-bond donors (Lipinski definition) is 0. The molecule has 21 heavy (non-hydrogen) atoms. The normalized spacial score (nSPS) is 12.0. The lowest BCUT2D eigenvalue weighted by Gasteiger charge is -2.20. The van der Waals surface area contributed by atoms with E-state index in [1.165, 1.54) is 27.9 Å². The van der Waals surface area contributed by atoms with Gasteiger partial charge in [0, 0.05) is 28.6 Å². The maximum atomic E-state index is 12.7. The van der Waals surface area contributed by atoms with Crippen molar-refractivity contribution in [1.82, 2.24) is 9.29 Å². The van der Waals surface area contributed by atoms with Crippen LogP contribution in [0.3, 0.4) is 0 Å². The fraction of sp³-hybridized carbons (Fsp3) is 0.250. The second-order valence-electron chi connectivity index (χ2n) is 4.08. The zero-order chi connectivity index (χ0) is 15.6. The molecule has 0 amide bonds. The topological polar surface area (TPSA) is 50.3 Å². The van der Waals surface area contributed by atoms with Gasteiger partial charge in [-0.15, -0.1) is 11.3 Å². The van der Waals surface area contributed by atoms with Crippen LogP contribution in [0.4, 0.5) is 0 Å². The third-order valence-electron chi connectivity index (χ3n) is 2.71. The van der Waals surface area contributed by atoms with E-state index in [-0.39, 0.29) is 10.0 Å². The predicted octanol–water partition coefficient (Wildman–Crippen LogP) is 4.53. The first-order valence-electron chi connectivity index (χ1n) is 5.90. The zero-order valence-corrected chi connectivity index (χ0v) is 16.4. The van der Waals surface area contributed by atoms with Gasteiger partial charge in [-0.25, -0.2) is 13.4 Å². The van der Waals surface area contributed by atoms with Gasteiger partial charge in [0.2, 0.25) is 10.0 Å². The number of halogens is 3. The highest BCUT2D eigenvalue weighted by Crippen LogP contribution is 2.29. The molecule has 0 bridgehead atoms. The number of thiophene rings is 1. The molecule has 0 fully saturated rings. The maximum absolute atomic E-state index is 12.7. The third-order valence-corrected chi connectivity index (χ3v) is 7.09. The minimum atomic E-state index is -3.69. The van der Waals surface area contributed by atoms with Crippen LogP contribution >= 0.6 is 54.8 Å². The molecule has 0 aliphatic heterocycles. The first kappa shape index (κ1) is 17.4. The van der Waals surface area contributed by atoms with Gasteiger partial charge in [-0.05, 0) is 50.1 Å². The average molecular weight is 475 g/mol. The number of rotatable bonds is 5. The van der Waals surface area contributed by atoms with E-state index in [1.54, 1.807) is 6.92 Å². The summed E-state index contributed by atoms with van der Waals surface area (Å²) < 4.78 is 28.4. The standard InChI is InChI=1S/C12H11Br2ClN2O2S2/c1-2-17(7-9-3-4-11(14)20-9)21(18,19)10-5-8(13)6-16-12(10)15/h3-6H,2,7H2,1H3. The Morgan fingerprint density at radius 3 is 2.67 bits per heavy atom. The van der Waals surface area contributed by atoms with E-state index >= 15 is 0 Å². The smallest absolute Gasteiger partial charge is 0.242 e. The fourth-order valence-corrected chi connectivity index (χ4v) is 5.63. The Hall–Kier alpha value is 0.01000. The highest BCUT2D eigenvalue weighted by Gasteiger charge is 2.27. The van der Waals surface area contributed by atoms with E-state index in [1.807, 2.05) is 12.1 Å². The van der Waals surface area contributed by atoms with Gasteiger partial charge in [0.25, 0.3) is 0 Å². The van der Waals surface area contributed by atoms with Crippen LogP contribution in [0.15, 0.2) is 37.6 Å². The lowest BCUT2D eigenvalue weighted by molar-refractivity contribution is 0.426. The van der Waals surface area contributed by atoms with Gasteiger partial charge in [0.1, 0.15) is 10.0 Å². The molecule has 0 aliphatic rings. The SMILES string of the molecule is CCN(Cc1ccc(Br)s1)S(=O)(=O)c1cc(Br)cnc1Cl. The Labute approximate surface area is 149 Å². The van der Waals surface area contributed by atoms with Gasteiger partial charge in [0.05, 0.1) is 3.79 Å². The molecule has 2 heterocycles. The van der Waals surface area contributed by atoms with Crippen molar-refractivity contribution in [1.29, 1.82) is 0 Å². The largest absolute Gasteiger partial charge is 0.246 e. The summed E-state index contributed by atoms with van der Waals surface area (Å²) in [6.45, 7) is 2.44. The summed E-state index contributed by atoms with van der Waals surface area (Å²) in [6, 6.07) is 5.26. The lowest BCUT2D eigenvalue weighted by Crippen LogP contribution is -2.30. The number of nitrogens with zero attached hydrogens (tertiary/aromatic N) is 2. The molecule has 0 aliphatic carbocycles. The highest BCUT2D eigenvalue weighted by molar-refractivity contribution is 9.11. The Morgan fingerprint density at radius 2 is 2.10 bits per heavy atom. The quantitative estimate of drug-likeness (QED) is 0.598. The summed E-state index contributed by atoms with van der Waals surface area (Å²) in [5, 5.41) is -0.0241. The summed E-state index contributed by atoms with van der Waals surface area (Å²) in [5.74, 6) is 0. The monoisotopic (exact) mass is 472 g/mol. The predicted molar refractivity (Wildman–Crippen MR) is 92.2 cm³/mol. The third kappa shape index (κ3) is 4.05. The van der Waals surface area contributed by atoms with Crippen molar-refractivity contribution in [2.24, 2.45) is 0 Å². The molecule has 2 aromatic rings. The van der Waals surface area contributed by atoms with Crippen LogP contribution < -0.4 is 0 Å². The number of sulfonamides is 1. The van der Waals surface area contributed by atoms with Crippen molar-refractivity contribution in [2.45, 2.75) is 18.4 Å². The van der Waals surface area contributed by atoms with Gasteiger partial charge in [-0.2, -0.15) is 4.31 Å². The first-order valence-corrected chi connectivity index (χ1v) is 10.1. The molecule has 0 spiro atoms. The van der Waals surface area contributed by atoms with Gasteiger partial charge in [-0.1, -0.05) is 18.5 Å². The van der Waals surface area contributed by atoms with Gasteiger partial charge >= 0.3 is 0 Å². The molecule has 0 radical (unpaired) electrons. The fourth-order valence-electron chi connectivity index (χ4n) is 1.70. The van der Waals surface area contributed by atoms with E-state index in [4.69, 9.17) is 11.6 Å². The molecule has 4 nitrogen and oxygen atoms in total. The van der Waals surface area contributed by atoms with E-state index in [9.17, 15) is 8.42 Å². The molecular weight excluding hydrogens is 464 g/mol. The molecule has 0 unspecified atom stereocenters. The summed E-state index contributed by atoms with van der Waals surface area (Å²) >= 11 is 14.0. The van der Waals surface area contributed by atoms with Crippen molar-refractivity contribution < 1.29 is 8.42 Å². The molecule has 0 N–H and O–H groups in total. The van der Waals surface area contributed by atoms with Crippen LogP contribution in [0, 0.1) is 0 Å². The van der Waals surface area contributed by atoms with Gasteiger partial charge in [-0.3, -0.25) is 0 Å². The van der Waals surface area contributed by atoms with Crippen molar-refractivity contribution in [2.75, 3.05) is 6.54 Å². The van der Waals surface area contributed by atoms with Crippen molar-refractivity contribution in [3.63, 3.8) is 0 Å². The van der Waals surface area contributed by atoms with Crippen LogP contribution in [0.1, 0.15) is 11.8 Å². The minimum absolute atomic E-state index is 0.0102. The van der Waals surface area contributed by atoms with Crippen LogP contribution in [0.5, 0.6) is 0 Å². The number of hydrogen-bond acceptors (Lipinski definition) is 4. The molecular formula is C12H11Br2ClN2O2S2. The second-order valence-corrected chi connectivity index (χ2v) is 9.81. The molecule has 0 aromatic carbocycles. The first-order chi connectivity index (χ1) is 9.84. The Bertz CT molecular complexity index is 749. The summed E-state index contributed by atoms with van der Waals surface area (Å²) in [4.78, 5) is 4.84.